The van der Waals surface area contributed by atoms with Gasteiger partial charge in [-0.05, 0) is 44.1 Å². The molecule has 2 aliphatic rings. The smallest absolute Gasteiger partial charge is 0.253 e. The highest BCUT2D eigenvalue weighted by Crippen LogP contribution is 2.42. The number of sulfonamides is 1. The van der Waals surface area contributed by atoms with E-state index in [2.05, 4.69) is 10.0 Å². The van der Waals surface area contributed by atoms with E-state index in [1.807, 2.05) is 0 Å². The van der Waals surface area contributed by atoms with Crippen molar-refractivity contribution in [2.45, 2.75) is 51.6 Å². The summed E-state index contributed by atoms with van der Waals surface area (Å²) < 4.78 is 41.5. The minimum atomic E-state index is -3.34. The van der Waals surface area contributed by atoms with Crippen LogP contribution in [-0.2, 0) is 16.6 Å². The Hall–Kier alpha value is -1.93. The minimum absolute atomic E-state index is 0.130. The number of amides is 1. The highest BCUT2D eigenvalue weighted by atomic mass is 32.2. The van der Waals surface area contributed by atoms with Crippen LogP contribution in [0.3, 0.4) is 0 Å². The van der Waals surface area contributed by atoms with Gasteiger partial charge >= 0.3 is 0 Å². The summed E-state index contributed by atoms with van der Waals surface area (Å²) in [5, 5.41) is 3.76. The molecule has 0 aliphatic heterocycles. The van der Waals surface area contributed by atoms with Crippen LogP contribution in [0.2, 0.25) is 0 Å². The number of carbonyl (C=O) groups excluding carboxylic acids is 1. The quantitative estimate of drug-likeness (QED) is 0.753. The maximum Gasteiger partial charge on any atom is 0.253 e. The molecule has 0 spiro atoms. The van der Waals surface area contributed by atoms with E-state index >= 15 is 0 Å². The fourth-order valence-electron chi connectivity index (χ4n) is 5.28. The molecule has 0 radical (unpaired) electrons. The van der Waals surface area contributed by atoms with Crippen LogP contribution in [0.15, 0.2) is 18.2 Å². The number of benzene rings is 1. The first kappa shape index (κ1) is 20.3. The Morgan fingerprint density at radius 2 is 1.90 bits per heavy atom. The highest BCUT2D eigenvalue weighted by Gasteiger charge is 2.35. The van der Waals surface area contributed by atoms with Crippen LogP contribution in [-0.4, -0.2) is 37.7 Å². The average Bonchev–Trinajstić information content (AvgIpc) is 3.11. The fourth-order valence-corrected chi connectivity index (χ4v) is 5.74. The van der Waals surface area contributed by atoms with Crippen molar-refractivity contribution in [3.05, 3.63) is 35.3 Å². The number of halogens is 1. The fraction of sp³-hybridized carbons (Fsp3) is 0.571. The number of hydrogen-bond donors (Lipinski definition) is 2. The van der Waals surface area contributed by atoms with Crippen molar-refractivity contribution < 1.29 is 17.6 Å². The van der Waals surface area contributed by atoms with Gasteiger partial charge in [-0.2, -0.15) is 0 Å². The molecule has 2 aliphatic carbocycles. The van der Waals surface area contributed by atoms with Gasteiger partial charge in [0.05, 0.1) is 17.3 Å². The molecule has 2 N–H and O–H groups in total. The lowest BCUT2D eigenvalue weighted by molar-refractivity contribution is 0.0919. The largest absolute Gasteiger partial charge is 0.349 e. The average molecular weight is 422 g/mol. The summed E-state index contributed by atoms with van der Waals surface area (Å²) in [6.07, 6.45) is 6.93. The van der Waals surface area contributed by atoms with Gasteiger partial charge in [-0.3, -0.25) is 4.79 Å². The van der Waals surface area contributed by atoms with Gasteiger partial charge in [-0.1, -0.05) is 25.0 Å². The third-order valence-corrected chi connectivity index (χ3v) is 7.17. The van der Waals surface area contributed by atoms with Crippen LogP contribution in [0.4, 0.5) is 4.39 Å². The van der Waals surface area contributed by atoms with E-state index in [1.54, 1.807) is 23.6 Å². The molecule has 0 saturated heterocycles. The van der Waals surface area contributed by atoms with Gasteiger partial charge in [0.25, 0.3) is 5.91 Å². The van der Waals surface area contributed by atoms with Crippen LogP contribution in [0.25, 0.3) is 10.9 Å². The van der Waals surface area contributed by atoms with Gasteiger partial charge in [-0.15, -0.1) is 0 Å². The molecule has 2 saturated carbocycles. The monoisotopic (exact) mass is 421 g/mol. The Morgan fingerprint density at radius 3 is 2.55 bits per heavy atom. The van der Waals surface area contributed by atoms with Crippen molar-refractivity contribution in [1.29, 1.82) is 0 Å². The first-order valence-electron chi connectivity index (χ1n) is 10.3. The lowest BCUT2D eigenvalue weighted by Gasteiger charge is -2.28. The molecule has 158 valence electrons. The van der Waals surface area contributed by atoms with Gasteiger partial charge in [0.15, 0.2) is 0 Å². The molecule has 2 unspecified atom stereocenters. The van der Waals surface area contributed by atoms with Crippen molar-refractivity contribution in [3.8, 4) is 0 Å². The Kier molecular flexibility index (Phi) is 5.42. The van der Waals surface area contributed by atoms with Crippen molar-refractivity contribution in [3.63, 3.8) is 0 Å². The minimum Gasteiger partial charge on any atom is -0.349 e. The Balaban J connectivity index is 1.62. The molecule has 1 amide bonds. The Bertz CT molecular complexity index is 1040. The summed E-state index contributed by atoms with van der Waals surface area (Å²) in [6.45, 7) is 2.17. The summed E-state index contributed by atoms with van der Waals surface area (Å²) in [5.41, 5.74) is 1.47. The molecule has 1 heterocycles. The second-order valence-corrected chi connectivity index (χ2v) is 10.4. The summed E-state index contributed by atoms with van der Waals surface area (Å²) in [7, 11) is -3.34. The predicted molar refractivity (Wildman–Crippen MR) is 111 cm³/mol. The van der Waals surface area contributed by atoms with Gasteiger partial charge < -0.3 is 9.88 Å². The maximum absolute atomic E-state index is 14.6. The van der Waals surface area contributed by atoms with Gasteiger partial charge in [0, 0.05) is 30.2 Å². The predicted octanol–water partition coefficient (Wildman–Crippen LogP) is 2.95. The maximum atomic E-state index is 14.6. The molecule has 2 bridgehead atoms. The van der Waals surface area contributed by atoms with Crippen LogP contribution in [0.5, 0.6) is 0 Å². The number of nitrogens with one attached hydrogen (secondary N) is 2. The molecule has 1 aromatic heterocycles. The van der Waals surface area contributed by atoms with Gasteiger partial charge in [-0.25, -0.2) is 17.5 Å². The van der Waals surface area contributed by atoms with E-state index in [9.17, 15) is 17.6 Å². The molecular formula is C21H28FN3O3S. The number of nitrogens with zero attached hydrogens (tertiary/aromatic N) is 1. The molecular weight excluding hydrogens is 393 g/mol. The molecule has 29 heavy (non-hydrogen) atoms. The van der Waals surface area contributed by atoms with Crippen LogP contribution < -0.4 is 10.0 Å². The van der Waals surface area contributed by atoms with Crippen molar-refractivity contribution in [2.75, 3.05) is 12.8 Å². The molecule has 8 heteroatoms. The number of para-hydroxylation sites is 1. The van der Waals surface area contributed by atoms with Gasteiger partial charge in [0.1, 0.15) is 5.82 Å². The second-order valence-electron chi connectivity index (χ2n) is 8.60. The molecule has 2 atom stereocenters. The normalized spacial score (nSPS) is 24.2. The van der Waals surface area contributed by atoms with E-state index in [0.717, 1.165) is 19.1 Å². The van der Waals surface area contributed by atoms with Crippen molar-refractivity contribution in [2.24, 2.45) is 11.8 Å². The number of hydrogen-bond acceptors (Lipinski definition) is 3. The topological polar surface area (TPSA) is 80.2 Å². The summed E-state index contributed by atoms with van der Waals surface area (Å²) in [6, 6.07) is 4.90. The van der Waals surface area contributed by atoms with Crippen molar-refractivity contribution in [1.82, 2.24) is 14.6 Å². The lowest BCUT2D eigenvalue weighted by atomic mass is 9.85. The standard InChI is InChI=1S/C21H28FN3O3S/c1-13-19(21(26)24-16-11-14-6-7-15(10-14)12-16)17-4-3-5-18(22)20(17)25(13)9-8-23-29(2,27)28/h3-5,14-16,23H,6-12H2,1-2H3,(H,24,26). The van der Waals surface area contributed by atoms with Crippen molar-refractivity contribution >= 4 is 26.8 Å². The highest BCUT2D eigenvalue weighted by molar-refractivity contribution is 7.88. The van der Waals surface area contributed by atoms with Crippen LogP contribution in [0, 0.1) is 24.6 Å². The van der Waals surface area contributed by atoms with Crippen LogP contribution >= 0.6 is 0 Å². The SMILES string of the molecule is Cc1c(C(=O)NC2CC3CCC(C3)C2)c2cccc(F)c2n1CCNS(C)(=O)=O. The lowest BCUT2D eigenvalue weighted by Crippen LogP contribution is -2.39. The number of carbonyl (C=O) groups is 1. The number of rotatable bonds is 6. The number of fused-ring (bicyclic) bond motifs is 3. The zero-order chi connectivity index (χ0) is 20.8. The third kappa shape index (κ3) is 4.19. The van der Waals surface area contributed by atoms with E-state index in [4.69, 9.17) is 0 Å². The van der Waals surface area contributed by atoms with E-state index in [1.165, 1.54) is 25.3 Å². The zero-order valence-corrected chi connectivity index (χ0v) is 17.7. The molecule has 6 nitrogen and oxygen atoms in total. The Morgan fingerprint density at radius 1 is 1.21 bits per heavy atom. The molecule has 2 fully saturated rings. The first-order valence-corrected chi connectivity index (χ1v) is 12.1. The zero-order valence-electron chi connectivity index (χ0n) is 16.9. The molecule has 2 aromatic rings. The Labute approximate surface area is 170 Å². The molecule has 1 aromatic carbocycles. The summed E-state index contributed by atoms with van der Waals surface area (Å²) >= 11 is 0. The summed E-state index contributed by atoms with van der Waals surface area (Å²) in [4.78, 5) is 13.2. The second kappa shape index (κ2) is 7.72. The van der Waals surface area contributed by atoms with E-state index < -0.39 is 15.8 Å². The summed E-state index contributed by atoms with van der Waals surface area (Å²) in [5.74, 6) is 0.834. The van der Waals surface area contributed by atoms with Crippen LogP contribution in [0.1, 0.15) is 48.2 Å². The van der Waals surface area contributed by atoms with Gasteiger partial charge in [0.2, 0.25) is 10.0 Å². The van der Waals surface area contributed by atoms with E-state index in [0.29, 0.717) is 34.0 Å². The first-order chi connectivity index (χ1) is 13.7. The van der Waals surface area contributed by atoms with E-state index in [-0.39, 0.29) is 25.0 Å². The number of aromatic nitrogens is 1. The molecule has 4 rings (SSSR count). The third-order valence-electron chi connectivity index (χ3n) is 6.44.